The van der Waals surface area contributed by atoms with E-state index < -0.39 is 12.4 Å². The zero-order valence-corrected chi connectivity index (χ0v) is 3.92. The lowest BCUT2D eigenvalue weighted by molar-refractivity contribution is -1.00. The van der Waals surface area contributed by atoms with E-state index in [0.29, 0.717) is 0 Å². The molecule has 0 bridgehead atoms. The van der Waals surface area contributed by atoms with Crippen LogP contribution in [0.25, 0.3) is 0 Å². The Morgan fingerprint density at radius 2 is 2.22 bits per heavy atom. The number of hydrogen-bond donors (Lipinski definition) is 0. The van der Waals surface area contributed by atoms with E-state index in [0.717, 1.165) is 0 Å². The number of nitrogens with zero attached hydrogens (tertiary/aromatic N) is 2. The van der Waals surface area contributed by atoms with Crippen LogP contribution < -0.4 is 0 Å². The quantitative estimate of drug-likeness (QED) is 0.269. The topological polar surface area (TPSA) is 90.9 Å². The van der Waals surface area contributed by atoms with Crippen molar-refractivity contribution in [3.63, 3.8) is 0 Å². The van der Waals surface area contributed by atoms with Gasteiger partial charge in [0.05, 0.1) is 0 Å². The van der Waals surface area contributed by atoms with E-state index in [2.05, 4.69) is 14.3 Å². The van der Waals surface area contributed by atoms with E-state index in [1.165, 1.54) is 0 Å². The first-order valence-corrected chi connectivity index (χ1v) is 1.80. The second kappa shape index (κ2) is 1.76. The van der Waals surface area contributed by atoms with Crippen LogP contribution in [0.4, 0.5) is 0 Å². The molecule has 0 N–H and O–H groups in total. The Morgan fingerprint density at radius 1 is 1.67 bits per heavy atom. The normalized spacial score (nSPS) is 15.1. The average Bonchev–Trinajstić information content (AvgIpc) is 1.60. The Balaban J connectivity index is 2.18. The van der Waals surface area contributed by atoms with Crippen LogP contribution in [-0.2, 0) is 14.3 Å². The zero-order chi connectivity index (χ0) is 6.85. The predicted octanol–water partition coefficient (Wildman–Crippen LogP) is -1.16. The number of hydrogen-bond acceptors (Lipinski definition) is 6. The molecule has 9 heavy (non-hydrogen) atoms. The van der Waals surface area contributed by atoms with Crippen LogP contribution in [0.3, 0.4) is 0 Å². The lowest BCUT2D eigenvalue weighted by Gasteiger charge is -2.02. The highest BCUT2D eigenvalue weighted by atomic mass is 17.2. The fourth-order valence-electron chi connectivity index (χ4n) is 0.257. The molecule has 48 valence electrons. The summed E-state index contributed by atoms with van der Waals surface area (Å²) in [7, 11) is -1.50. The Hall–Kier alpha value is -1.54. The molecule has 9 heteroatoms. The van der Waals surface area contributed by atoms with Crippen LogP contribution in [-0.4, -0.2) is 17.5 Å². The van der Waals surface area contributed by atoms with E-state index in [4.69, 9.17) is 0 Å². The maximum Gasteiger partial charge on any atom is 0.943 e. The summed E-state index contributed by atoms with van der Waals surface area (Å²) in [5.41, 5.74) is 0. The van der Waals surface area contributed by atoms with Crippen molar-refractivity contribution in [2.45, 2.75) is 0 Å². The average molecular weight is 135 g/mol. The standard InChI is InChI=1S/BN2O6/c4-2(5)7-1-8-3(6)9-1/q+1. The molecule has 1 saturated heterocycles. The molecule has 0 saturated carbocycles. The third kappa shape index (κ3) is 1.18. The van der Waals surface area contributed by atoms with E-state index in [-0.39, 0.29) is 5.09 Å². The van der Waals surface area contributed by atoms with Crippen molar-refractivity contribution in [2.24, 2.45) is 0 Å². The van der Waals surface area contributed by atoms with Gasteiger partial charge in [0.1, 0.15) is 4.91 Å². The molecule has 0 aromatic carbocycles. The molecule has 1 aliphatic heterocycles. The van der Waals surface area contributed by atoms with E-state index in [9.17, 15) is 15.0 Å². The molecule has 0 unspecified atom stereocenters. The van der Waals surface area contributed by atoms with Crippen LogP contribution in [0.15, 0.2) is 0 Å². The van der Waals surface area contributed by atoms with Crippen LogP contribution in [0.2, 0.25) is 0 Å². The fourth-order valence-corrected chi connectivity index (χ4v) is 0.257. The molecule has 1 fully saturated rings. The van der Waals surface area contributed by atoms with Crippen molar-refractivity contribution < 1.29 is 24.4 Å². The summed E-state index contributed by atoms with van der Waals surface area (Å²) in [6, 6.07) is 0. The molecule has 0 aromatic heterocycles. The van der Waals surface area contributed by atoms with E-state index in [1.807, 2.05) is 0 Å². The van der Waals surface area contributed by atoms with Gasteiger partial charge in [-0.1, -0.05) is 0 Å². The first-order valence-electron chi connectivity index (χ1n) is 1.80. The van der Waals surface area contributed by atoms with Gasteiger partial charge in [0.15, 0.2) is 0 Å². The molecule has 0 aliphatic carbocycles. The van der Waals surface area contributed by atoms with Crippen LogP contribution >= 0.6 is 0 Å². The summed E-state index contributed by atoms with van der Waals surface area (Å²) in [6.45, 7) is 0. The molecule has 1 rings (SSSR count). The van der Waals surface area contributed by atoms with Crippen LogP contribution in [0, 0.1) is 15.0 Å². The summed E-state index contributed by atoms with van der Waals surface area (Å²) in [5, 5.41) is 7.99. The maximum atomic E-state index is 9.66. The van der Waals surface area contributed by atoms with Gasteiger partial charge < -0.3 is 0 Å². The maximum absolute atomic E-state index is 9.66. The summed E-state index contributed by atoms with van der Waals surface area (Å²) < 4.78 is 11.3. The molecule has 1 aliphatic rings. The Morgan fingerprint density at radius 3 is 2.56 bits per heavy atom. The second-order valence-electron chi connectivity index (χ2n) is 1.05. The molecule has 1 heterocycles. The minimum absolute atomic E-state index is 0.297. The third-order valence-corrected chi connectivity index (χ3v) is 0.516. The van der Waals surface area contributed by atoms with Gasteiger partial charge in [-0.3, -0.25) is 4.76 Å². The summed E-state index contributed by atoms with van der Waals surface area (Å²) >= 11 is 0. The molecule has 0 amide bonds. The van der Waals surface area contributed by atoms with E-state index in [1.54, 1.807) is 0 Å². The van der Waals surface area contributed by atoms with Crippen molar-refractivity contribution in [3.8, 4) is 0 Å². The highest BCUT2D eigenvalue weighted by Gasteiger charge is 2.57. The zero-order valence-electron chi connectivity index (χ0n) is 3.92. The number of rotatable bonds is 2. The Labute approximate surface area is 48.1 Å². The van der Waals surface area contributed by atoms with Crippen LogP contribution in [0.1, 0.15) is 0 Å². The largest absolute Gasteiger partial charge is 0.943 e. The molecule has 0 atom stereocenters. The van der Waals surface area contributed by atoms with Crippen molar-refractivity contribution >= 4 is 7.32 Å². The van der Waals surface area contributed by atoms with Gasteiger partial charge in [0, 0.05) is 0 Å². The minimum atomic E-state index is -1.50. The molecule has 0 radical (unpaired) electrons. The highest BCUT2D eigenvalue weighted by molar-refractivity contribution is 6.36. The van der Waals surface area contributed by atoms with Gasteiger partial charge >= 0.3 is 12.4 Å². The van der Waals surface area contributed by atoms with Crippen LogP contribution in [0.5, 0.6) is 0 Å². The molecular formula is BN2O6+. The van der Waals surface area contributed by atoms with Crippen molar-refractivity contribution in [2.75, 3.05) is 0 Å². The van der Waals surface area contributed by atoms with Gasteiger partial charge in [-0.2, -0.15) is 9.51 Å². The molecular weight excluding hydrogens is 135 g/mol. The minimum Gasteiger partial charge on any atom is -0.260 e. The van der Waals surface area contributed by atoms with Gasteiger partial charge in [0.25, 0.3) is 5.09 Å². The summed E-state index contributed by atoms with van der Waals surface area (Å²) in [4.78, 5) is 19.1. The Bertz CT molecular complexity index is 145. The second-order valence-corrected chi connectivity index (χ2v) is 1.05. The molecule has 0 spiro atoms. The third-order valence-electron chi connectivity index (χ3n) is 0.516. The smallest absolute Gasteiger partial charge is 0.260 e. The van der Waals surface area contributed by atoms with Crippen molar-refractivity contribution in [1.29, 1.82) is 0 Å². The van der Waals surface area contributed by atoms with Crippen molar-refractivity contribution in [1.82, 2.24) is 0 Å². The Kier molecular flexibility index (Phi) is 1.10. The van der Waals surface area contributed by atoms with Gasteiger partial charge in [0.2, 0.25) is 0 Å². The van der Waals surface area contributed by atoms with E-state index >= 15 is 0 Å². The van der Waals surface area contributed by atoms with Gasteiger partial charge in [-0.25, -0.2) is 0 Å². The summed E-state index contributed by atoms with van der Waals surface area (Å²) in [6.07, 6.45) is 0. The monoisotopic (exact) mass is 135 g/mol. The lowest BCUT2D eigenvalue weighted by Crippen LogP contribution is -2.45. The summed E-state index contributed by atoms with van der Waals surface area (Å²) in [5.74, 6) is 0. The lowest BCUT2D eigenvalue weighted by atomic mass is 10.2. The highest BCUT2D eigenvalue weighted by Crippen LogP contribution is 2.03. The molecule has 0 aromatic rings. The first-order chi connectivity index (χ1) is 4.18. The van der Waals surface area contributed by atoms with Crippen molar-refractivity contribution in [3.05, 3.63) is 15.0 Å². The fraction of sp³-hybridized carbons (Fsp3) is 0. The van der Waals surface area contributed by atoms with Gasteiger partial charge in [-0.15, -0.1) is 10.1 Å². The molecule has 8 nitrogen and oxygen atoms in total. The SMILES string of the molecule is O=[N+]([O-])OB1O[N+](=O)O1. The predicted molar refractivity (Wildman–Crippen MR) is 19.6 cm³/mol. The first kappa shape index (κ1) is 5.60. The van der Waals surface area contributed by atoms with Gasteiger partial charge in [-0.05, 0) is 0 Å².